The van der Waals surface area contributed by atoms with Gasteiger partial charge in [-0.15, -0.1) is 0 Å². The highest BCUT2D eigenvalue weighted by Gasteiger charge is 2.34. The number of aliphatic hydroxyl groups is 1. The van der Waals surface area contributed by atoms with Gasteiger partial charge in [0.25, 0.3) is 0 Å². The molecule has 0 saturated carbocycles. The van der Waals surface area contributed by atoms with Crippen molar-refractivity contribution < 1.29 is 37.3 Å². The van der Waals surface area contributed by atoms with E-state index in [1.54, 1.807) is 6.07 Å². The topological polar surface area (TPSA) is 77.0 Å². The summed E-state index contributed by atoms with van der Waals surface area (Å²) in [5.74, 6) is 0.139. The molecule has 2 N–H and O–H groups in total. The number of methoxy groups -OCH3 is 1. The van der Waals surface area contributed by atoms with Gasteiger partial charge in [-0.1, -0.05) is 36.4 Å². The summed E-state index contributed by atoms with van der Waals surface area (Å²) in [6.07, 6.45) is -4.00. The van der Waals surface area contributed by atoms with E-state index >= 15 is 0 Å². The number of nitrogens with one attached hydrogen (secondary N) is 1. The van der Waals surface area contributed by atoms with Crippen molar-refractivity contribution in [2.24, 2.45) is 0 Å². The van der Waals surface area contributed by atoms with E-state index in [2.05, 4.69) is 17.4 Å². The molecule has 6 nitrogen and oxygen atoms in total. The van der Waals surface area contributed by atoms with Crippen LogP contribution in [0.1, 0.15) is 27.9 Å². The van der Waals surface area contributed by atoms with Gasteiger partial charge in [0.05, 0.1) is 18.2 Å². The van der Waals surface area contributed by atoms with Crippen molar-refractivity contribution in [2.75, 3.05) is 26.8 Å². The van der Waals surface area contributed by atoms with Crippen LogP contribution >= 0.6 is 0 Å². The second-order valence-corrected chi connectivity index (χ2v) is 9.99. The zero-order valence-corrected chi connectivity index (χ0v) is 22.4. The van der Waals surface area contributed by atoms with Gasteiger partial charge in [0.1, 0.15) is 30.3 Å². The first-order valence-corrected chi connectivity index (χ1v) is 13.3. The lowest BCUT2D eigenvalue weighted by molar-refractivity contribution is -0.139. The maximum Gasteiger partial charge on any atom is 0.419 e. The molecule has 0 fully saturated rings. The minimum absolute atomic E-state index is 0.0999. The van der Waals surface area contributed by atoms with Crippen LogP contribution in [0.4, 0.5) is 13.2 Å². The minimum atomic E-state index is -4.53. The summed E-state index contributed by atoms with van der Waals surface area (Å²) < 4.78 is 55.6. The summed E-state index contributed by atoms with van der Waals surface area (Å²) in [6, 6.07) is 22.6. The van der Waals surface area contributed by atoms with Crippen LogP contribution in [0.15, 0.2) is 78.9 Å². The summed E-state index contributed by atoms with van der Waals surface area (Å²) in [5.41, 5.74) is 2.88. The van der Waals surface area contributed by atoms with Crippen LogP contribution < -0.4 is 14.8 Å². The molecule has 9 heteroatoms. The highest BCUT2D eigenvalue weighted by molar-refractivity contribution is 5.96. The number of alkyl halides is 3. The Balaban J connectivity index is 1.13. The molecule has 0 bridgehead atoms. The minimum Gasteiger partial charge on any atom is -0.490 e. The van der Waals surface area contributed by atoms with E-state index in [4.69, 9.17) is 14.2 Å². The van der Waals surface area contributed by atoms with Gasteiger partial charge >= 0.3 is 12.1 Å². The fraction of sp³-hybridized carbons (Fsp3) is 0.281. The van der Waals surface area contributed by atoms with Crippen molar-refractivity contribution in [2.45, 2.75) is 31.2 Å². The van der Waals surface area contributed by atoms with Gasteiger partial charge < -0.3 is 24.6 Å². The second kappa shape index (κ2) is 12.2. The first-order valence-electron chi connectivity index (χ1n) is 13.3. The molecular formula is C32H30F3NO5. The first-order chi connectivity index (χ1) is 19.7. The molecule has 0 unspecified atom stereocenters. The van der Waals surface area contributed by atoms with Crippen molar-refractivity contribution in [3.63, 3.8) is 0 Å². The lowest BCUT2D eigenvalue weighted by Gasteiger charge is -2.27. The van der Waals surface area contributed by atoms with Crippen LogP contribution in [-0.2, 0) is 17.3 Å². The number of rotatable bonds is 9. The summed E-state index contributed by atoms with van der Waals surface area (Å²) in [5, 5.41) is 15.3. The van der Waals surface area contributed by atoms with Gasteiger partial charge in [0.2, 0.25) is 0 Å². The third-order valence-corrected chi connectivity index (χ3v) is 7.06. The molecular weight excluding hydrogens is 535 g/mol. The van der Waals surface area contributed by atoms with Crippen molar-refractivity contribution >= 4 is 16.7 Å². The number of fused-ring (bicyclic) bond motifs is 2. The third kappa shape index (κ3) is 6.81. The van der Waals surface area contributed by atoms with Gasteiger partial charge in [-0.05, 0) is 82.8 Å². The molecule has 2 atom stereocenters. The van der Waals surface area contributed by atoms with Crippen LogP contribution in [0.2, 0.25) is 0 Å². The summed E-state index contributed by atoms with van der Waals surface area (Å²) in [4.78, 5) is 11.8. The number of hydrogen-bond acceptors (Lipinski definition) is 6. The van der Waals surface area contributed by atoms with E-state index in [9.17, 15) is 23.1 Å². The third-order valence-electron chi connectivity index (χ3n) is 7.06. The summed E-state index contributed by atoms with van der Waals surface area (Å²) in [6.45, 7) is 0.372. The first kappa shape index (κ1) is 28.4. The highest BCUT2D eigenvalue weighted by atomic mass is 19.4. The van der Waals surface area contributed by atoms with Gasteiger partial charge in [-0.25, -0.2) is 4.79 Å². The molecule has 1 aliphatic rings. The molecule has 5 rings (SSSR count). The number of esters is 1. The van der Waals surface area contributed by atoms with Crippen LogP contribution in [0.25, 0.3) is 21.9 Å². The Morgan fingerprint density at radius 2 is 1.76 bits per heavy atom. The van der Waals surface area contributed by atoms with Crippen molar-refractivity contribution in [3.05, 3.63) is 95.6 Å². The average molecular weight is 566 g/mol. The lowest BCUT2D eigenvalue weighted by atomic mass is 9.95. The molecule has 4 aromatic carbocycles. The predicted octanol–water partition coefficient (Wildman–Crippen LogP) is 6.04. The Morgan fingerprint density at radius 3 is 2.56 bits per heavy atom. The van der Waals surface area contributed by atoms with Crippen LogP contribution in [0, 0.1) is 0 Å². The smallest absolute Gasteiger partial charge is 0.419 e. The zero-order valence-electron chi connectivity index (χ0n) is 22.4. The molecule has 0 spiro atoms. The van der Waals surface area contributed by atoms with Gasteiger partial charge in [0.15, 0.2) is 0 Å². The maximum absolute atomic E-state index is 13.1. The largest absolute Gasteiger partial charge is 0.490 e. The SMILES string of the molecule is COC(=O)c1ccc2cc(-c3ccc4c(c3)CC[C@H](CNC[C@H](O)COc3ccccc3C(F)(F)F)O4)ccc2c1. The molecule has 214 valence electrons. The number of ether oxygens (including phenoxy) is 3. The van der Waals surface area contributed by atoms with Crippen LogP contribution in [0.5, 0.6) is 11.5 Å². The number of aryl methyl sites for hydroxylation is 1. The molecule has 1 aliphatic heterocycles. The molecule has 0 saturated heterocycles. The number of carbonyl (C=O) groups is 1. The Hall–Kier alpha value is -4.08. The fourth-order valence-electron chi connectivity index (χ4n) is 4.92. The molecule has 0 aliphatic carbocycles. The van der Waals surface area contributed by atoms with E-state index < -0.39 is 17.8 Å². The van der Waals surface area contributed by atoms with Gasteiger partial charge in [-0.3, -0.25) is 0 Å². The Morgan fingerprint density at radius 1 is 1.02 bits per heavy atom. The van der Waals surface area contributed by atoms with Crippen molar-refractivity contribution in [3.8, 4) is 22.6 Å². The molecule has 0 aromatic heterocycles. The monoisotopic (exact) mass is 565 g/mol. The molecule has 1 heterocycles. The Kier molecular flexibility index (Phi) is 8.46. The van der Waals surface area contributed by atoms with Gasteiger partial charge in [0, 0.05) is 13.1 Å². The van der Waals surface area contributed by atoms with Crippen LogP contribution in [-0.4, -0.2) is 50.1 Å². The number of halogens is 3. The number of hydrogen-bond donors (Lipinski definition) is 2. The van der Waals surface area contributed by atoms with Gasteiger partial charge in [-0.2, -0.15) is 13.2 Å². The van der Waals surface area contributed by atoms with E-state index in [1.807, 2.05) is 36.4 Å². The highest BCUT2D eigenvalue weighted by Crippen LogP contribution is 2.36. The maximum atomic E-state index is 13.1. The zero-order chi connectivity index (χ0) is 29.0. The normalized spacial score (nSPS) is 15.6. The quantitative estimate of drug-likeness (QED) is 0.241. The summed E-state index contributed by atoms with van der Waals surface area (Å²) in [7, 11) is 1.36. The van der Waals surface area contributed by atoms with E-state index in [-0.39, 0.29) is 31.0 Å². The number of para-hydroxylation sites is 1. The summed E-state index contributed by atoms with van der Waals surface area (Å²) >= 11 is 0. The molecule has 0 amide bonds. The number of aliphatic hydroxyl groups excluding tert-OH is 1. The van der Waals surface area contributed by atoms with E-state index in [1.165, 1.54) is 25.3 Å². The predicted molar refractivity (Wildman–Crippen MR) is 149 cm³/mol. The standard InChI is InChI=1S/C32H30F3NO5/c1-39-31(38)25-9-8-21-14-20(6-7-22(21)16-25)23-11-13-29-24(15-23)10-12-27(41-29)18-36-17-26(37)19-40-30-5-3-2-4-28(30)32(33,34)35/h2-9,11,13-16,26-27,36-37H,10,12,17-19H2,1H3/t26-,27+/m0/s1. The molecule has 41 heavy (non-hydrogen) atoms. The van der Waals surface area contributed by atoms with E-state index in [0.717, 1.165) is 52.1 Å². The Bertz CT molecular complexity index is 1540. The van der Waals surface area contributed by atoms with Crippen molar-refractivity contribution in [1.82, 2.24) is 5.32 Å². The lowest BCUT2D eigenvalue weighted by Crippen LogP contribution is -2.39. The molecule has 4 aromatic rings. The molecule has 0 radical (unpaired) electrons. The van der Waals surface area contributed by atoms with Crippen LogP contribution in [0.3, 0.4) is 0 Å². The average Bonchev–Trinajstić information content (AvgIpc) is 2.98. The number of carbonyl (C=O) groups excluding carboxylic acids is 1. The van der Waals surface area contributed by atoms with Crippen molar-refractivity contribution in [1.29, 1.82) is 0 Å². The fourth-order valence-corrected chi connectivity index (χ4v) is 4.92. The second-order valence-electron chi connectivity index (χ2n) is 9.99. The number of benzene rings is 4. The van der Waals surface area contributed by atoms with E-state index in [0.29, 0.717) is 12.1 Å². The Labute approximate surface area is 235 Å².